The molecule has 0 aromatic heterocycles. The first kappa shape index (κ1) is 16.1. The molecule has 112 valence electrons. The molecule has 2 heteroatoms. The maximum atomic E-state index is 3.47. The fourth-order valence-corrected chi connectivity index (χ4v) is 3.77. The van der Waals surface area contributed by atoms with Gasteiger partial charge >= 0.3 is 0 Å². The Balaban J connectivity index is 2.00. The van der Waals surface area contributed by atoms with Crippen molar-refractivity contribution in [1.29, 1.82) is 0 Å². The van der Waals surface area contributed by atoms with Crippen molar-refractivity contribution in [2.45, 2.75) is 32.6 Å². The number of benzene rings is 2. The van der Waals surface area contributed by atoms with Gasteiger partial charge in [-0.3, -0.25) is 0 Å². The van der Waals surface area contributed by atoms with Gasteiger partial charge in [-0.1, -0.05) is 48.0 Å². The van der Waals surface area contributed by atoms with E-state index < -0.39 is 0 Å². The summed E-state index contributed by atoms with van der Waals surface area (Å²) in [6.45, 7) is 6.55. The van der Waals surface area contributed by atoms with E-state index in [0.29, 0.717) is 6.04 Å². The van der Waals surface area contributed by atoms with Crippen LogP contribution in [0.25, 0.3) is 0 Å². The summed E-state index contributed by atoms with van der Waals surface area (Å²) in [7, 11) is 2.06. The van der Waals surface area contributed by atoms with E-state index in [-0.39, 0.29) is 0 Å². The van der Waals surface area contributed by atoms with E-state index in [9.17, 15) is 0 Å². The summed E-state index contributed by atoms with van der Waals surface area (Å²) < 4.78 is 0. The molecule has 0 aliphatic heterocycles. The predicted molar refractivity (Wildman–Crippen MR) is 95.1 cm³/mol. The van der Waals surface area contributed by atoms with Crippen LogP contribution >= 0.6 is 11.8 Å². The number of hydrogen-bond donors (Lipinski definition) is 1. The lowest BCUT2D eigenvalue weighted by Gasteiger charge is -2.19. The molecule has 0 fully saturated rings. The number of aryl methyl sites for hydroxylation is 3. The molecular weight excluding hydrogens is 274 g/mol. The monoisotopic (exact) mass is 299 g/mol. The summed E-state index contributed by atoms with van der Waals surface area (Å²) in [5.74, 6) is 2.17. The van der Waals surface area contributed by atoms with Gasteiger partial charge in [0.2, 0.25) is 0 Å². The van der Waals surface area contributed by atoms with Crippen LogP contribution < -0.4 is 5.32 Å². The van der Waals surface area contributed by atoms with Crippen molar-refractivity contribution in [2.24, 2.45) is 0 Å². The van der Waals surface area contributed by atoms with Gasteiger partial charge in [0, 0.05) is 17.5 Å². The first-order chi connectivity index (χ1) is 10.1. The first-order valence-corrected chi connectivity index (χ1v) is 8.64. The summed E-state index contributed by atoms with van der Waals surface area (Å²) in [5.41, 5.74) is 6.96. The maximum absolute atomic E-state index is 3.47. The Morgan fingerprint density at radius 3 is 2.48 bits per heavy atom. The molecule has 2 aromatic rings. The predicted octanol–water partition coefficient (Wildman–Crippen LogP) is 4.81. The van der Waals surface area contributed by atoms with Crippen LogP contribution in [0.5, 0.6) is 0 Å². The molecule has 0 amide bonds. The molecule has 0 saturated carbocycles. The highest BCUT2D eigenvalue weighted by molar-refractivity contribution is 7.98. The molecule has 2 aromatic carbocycles. The Kier molecular flexibility index (Phi) is 5.89. The highest BCUT2D eigenvalue weighted by Gasteiger charge is 2.12. The Morgan fingerprint density at radius 1 is 1.00 bits per heavy atom. The Bertz CT molecular complexity index is 592. The number of nitrogens with one attached hydrogen (secondary N) is 1. The summed E-state index contributed by atoms with van der Waals surface area (Å²) in [6.07, 6.45) is 0. The van der Waals surface area contributed by atoms with Crippen molar-refractivity contribution in [1.82, 2.24) is 5.32 Å². The Morgan fingerprint density at radius 2 is 1.76 bits per heavy atom. The van der Waals surface area contributed by atoms with Crippen molar-refractivity contribution in [2.75, 3.05) is 12.8 Å². The Hall–Kier alpha value is -1.25. The van der Waals surface area contributed by atoms with Gasteiger partial charge in [0.25, 0.3) is 0 Å². The zero-order valence-electron chi connectivity index (χ0n) is 13.4. The van der Waals surface area contributed by atoms with Crippen LogP contribution in [0.15, 0.2) is 42.5 Å². The van der Waals surface area contributed by atoms with Crippen LogP contribution in [-0.2, 0) is 5.75 Å². The molecule has 1 unspecified atom stereocenters. The van der Waals surface area contributed by atoms with E-state index in [1.54, 1.807) is 0 Å². The molecule has 0 saturated heterocycles. The van der Waals surface area contributed by atoms with E-state index >= 15 is 0 Å². The molecule has 0 aliphatic carbocycles. The Labute approximate surface area is 133 Å². The highest BCUT2D eigenvalue weighted by atomic mass is 32.2. The molecule has 1 nitrogen and oxygen atoms in total. The summed E-state index contributed by atoms with van der Waals surface area (Å²) in [5, 5.41) is 3.47. The van der Waals surface area contributed by atoms with E-state index in [1.165, 1.54) is 27.8 Å². The molecule has 0 bridgehead atoms. The van der Waals surface area contributed by atoms with Crippen LogP contribution in [0.2, 0.25) is 0 Å². The van der Waals surface area contributed by atoms with Gasteiger partial charge < -0.3 is 5.32 Å². The van der Waals surface area contributed by atoms with Gasteiger partial charge in [0.1, 0.15) is 0 Å². The number of rotatable bonds is 6. The molecule has 0 radical (unpaired) electrons. The van der Waals surface area contributed by atoms with Crippen LogP contribution in [0, 0.1) is 20.8 Å². The zero-order chi connectivity index (χ0) is 15.2. The van der Waals surface area contributed by atoms with Crippen LogP contribution in [-0.4, -0.2) is 12.8 Å². The van der Waals surface area contributed by atoms with E-state index in [2.05, 4.69) is 75.6 Å². The van der Waals surface area contributed by atoms with E-state index in [0.717, 1.165) is 11.5 Å². The number of hydrogen-bond acceptors (Lipinski definition) is 2. The molecule has 1 N–H and O–H groups in total. The van der Waals surface area contributed by atoms with Crippen LogP contribution in [0.1, 0.15) is 33.9 Å². The SMILES string of the molecule is CNC(CSCc1ccccc1C)c1cc(C)ccc1C. The lowest BCUT2D eigenvalue weighted by atomic mass is 10.0. The third-order valence-electron chi connectivity index (χ3n) is 3.96. The average Bonchev–Trinajstić information content (AvgIpc) is 2.48. The molecule has 2 rings (SSSR count). The topological polar surface area (TPSA) is 12.0 Å². The molecule has 0 aliphatic rings. The molecule has 1 atom stereocenters. The fraction of sp³-hybridized carbons (Fsp3) is 0.368. The van der Waals surface area contributed by atoms with Crippen molar-refractivity contribution < 1.29 is 0 Å². The van der Waals surface area contributed by atoms with E-state index in [1.807, 2.05) is 11.8 Å². The highest BCUT2D eigenvalue weighted by Crippen LogP contribution is 2.25. The minimum atomic E-state index is 0.416. The lowest BCUT2D eigenvalue weighted by molar-refractivity contribution is 0.657. The van der Waals surface area contributed by atoms with Crippen molar-refractivity contribution in [3.63, 3.8) is 0 Å². The second kappa shape index (κ2) is 7.67. The smallest absolute Gasteiger partial charge is 0.0412 e. The zero-order valence-corrected chi connectivity index (χ0v) is 14.3. The molecule has 0 spiro atoms. The maximum Gasteiger partial charge on any atom is 0.0412 e. The normalized spacial score (nSPS) is 12.4. The van der Waals surface area contributed by atoms with Crippen molar-refractivity contribution in [3.8, 4) is 0 Å². The fourth-order valence-electron chi connectivity index (χ4n) is 2.52. The third kappa shape index (κ3) is 4.36. The summed E-state index contributed by atoms with van der Waals surface area (Å²) in [4.78, 5) is 0. The van der Waals surface area contributed by atoms with Crippen molar-refractivity contribution >= 4 is 11.8 Å². The van der Waals surface area contributed by atoms with Gasteiger partial charge in [-0.05, 0) is 50.1 Å². The second-order valence-corrected chi connectivity index (χ2v) is 6.67. The molecule has 0 heterocycles. The largest absolute Gasteiger partial charge is 0.312 e. The van der Waals surface area contributed by atoms with Crippen LogP contribution in [0.4, 0.5) is 0 Å². The van der Waals surface area contributed by atoms with Gasteiger partial charge in [-0.25, -0.2) is 0 Å². The van der Waals surface area contributed by atoms with Crippen LogP contribution in [0.3, 0.4) is 0 Å². The quantitative estimate of drug-likeness (QED) is 0.822. The van der Waals surface area contributed by atoms with Gasteiger partial charge in [-0.2, -0.15) is 11.8 Å². The number of thioether (sulfide) groups is 1. The minimum Gasteiger partial charge on any atom is -0.312 e. The molecule has 21 heavy (non-hydrogen) atoms. The second-order valence-electron chi connectivity index (χ2n) is 5.64. The van der Waals surface area contributed by atoms with Gasteiger partial charge in [-0.15, -0.1) is 0 Å². The summed E-state index contributed by atoms with van der Waals surface area (Å²) in [6, 6.07) is 15.8. The average molecular weight is 299 g/mol. The standard InChI is InChI=1S/C19H25NS/c1-14-9-10-16(3)18(11-14)19(20-4)13-21-12-17-8-6-5-7-15(17)2/h5-11,19-20H,12-13H2,1-4H3. The first-order valence-electron chi connectivity index (χ1n) is 7.48. The molecular formula is C19H25NS. The van der Waals surface area contributed by atoms with Gasteiger partial charge in [0.05, 0.1) is 0 Å². The summed E-state index contributed by atoms with van der Waals surface area (Å²) >= 11 is 2.00. The van der Waals surface area contributed by atoms with E-state index in [4.69, 9.17) is 0 Å². The lowest BCUT2D eigenvalue weighted by Crippen LogP contribution is -2.20. The van der Waals surface area contributed by atoms with Crippen molar-refractivity contribution in [3.05, 3.63) is 70.3 Å². The minimum absolute atomic E-state index is 0.416. The van der Waals surface area contributed by atoms with Gasteiger partial charge in [0.15, 0.2) is 0 Å². The third-order valence-corrected chi connectivity index (χ3v) is 5.05.